The molecule has 0 radical (unpaired) electrons. The molecule has 2 rings (SSSR count). The fraction of sp³-hybridized carbons (Fsp3) is 0.200. The van der Waals surface area contributed by atoms with E-state index in [1.54, 1.807) is 12.1 Å². The highest BCUT2D eigenvalue weighted by Crippen LogP contribution is 2.36. The number of benzene rings is 2. The average molecular weight is 279 g/mol. The van der Waals surface area contributed by atoms with Gasteiger partial charge in [-0.05, 0) is 41.0 Å². The largest absolute Gasteiger partial charge is 0.493 e. The van der Waals surface area contributed by atoms with Crippen LogP contribution < -0.4 is 15.2 Å². The Morgan fingerprint density at radius 1 is 0.950 bits per heavy atom. The summed E-state index contributed by atoms with van der Waals surface area (Å²) in [6, 6.07) is 7.15. The van der Waals surface area contributed by atoms with Crippen LogP contribution in [0.15, 0.2) is 30.3 Å². The third-order valence-corrected chi connectivity index (χ3v) is 3.06. The molecule has 0 atom stereocenters. The van der Waals surface area contributed by atoms with Gasteiger partial charge in [-0.3, -0.25) is 0 Å². The third kappa shape index (κ3) is 2.58. The number of ether oxygens (including phenoxy) is 2. The molecule has 2 N–H and O–H groups in total. The van der Waals surface area contributed by atoms with E-state index in [9.17, 15) is 8.78 Å². The average Bonchev–Trinajstić information content (AvgIpc) is 2.48. The molecule has 2 aromatic carbocycles. The van der Waals surface area contributed by atoms with Gasteiger partial charge >= 0.3 is 0 Å². The summed E-state index contributed by atoms with van der Waals surface area (Å²) >= 11 is 0. The normalized spacial score (nSPS) is 10.4. The molecule has 0 saturated carbocycles. The van der Waals surface area contributed by atoms with E-state index in [1.165, 1.54) is 20.3 Å². The number of hydrogen-bond acceptors (Lipinski definition) is 3. The molecule has 0 unspecified atom stereocenters. The summed E-state index contributed by atoms with van der Waals surface area (Å²) in [5.41, 5.74) is 7.68. The van der Waals surface area contributed by atoms with Gasteiger partial charge in [-0.1, -0.05) is 6.07 Å². The van der Waals surface area contributed by atoms with Crippen LogP contribution in [-0.4, -0.2) is 14.2 Å². The first kappa shape index (κ1) is 14.3. The van der Waals surface area contributed by atoms with Gasteiger partial charge in [0.15, 0.2) is 23.1 Å². The van der Waals surface area contributed by atoms with Crippen molar-refractivity contribution in [1.29, 1.82) is 0 Å². The van der Waals surface area contributed by atoms with Crippen LogP contribution in [0.4, 0.5) is 8.78 Å². The molecule has 0 amide bonds. The second kappa shape index (κ2) is 5.88. The zero-order chi connectivity index (χ0) is 14.7. The summed E-state index contributed by atoms with van der Waals surface area (Å²) in [4.78, 5) is 0. The molecule has 0 aliphatic rings. The molecule has 0 saturated heterocycles. The van der Waals surface area contributed by atoms with Crippen molar-refractivity contribution in [3.05, 3.63) is 47.5 Å². The maximum atomic E-state index is 13.4. The minimum Gasteiger partial charge on any atom is -0.493 e. The van der Waals surface area contributed by atoms with Crippen LogP contribution in [0.25, 0.3) is 11.1 Å². The topological polar surface area (TPSA) is 44.5 Å². The van der Waals surface area contributed by atoms with Gasteiger partial charge in [0, 0.05) is 6.54 Å². The predicted octanol–water partition coefficient (Wildman–Crippen LogP) is 3.11. The first-order valence-corrected chi connectivity index (χ1v) is 6.01. The smallest absolute Gasteiger partial charge is 0.161 e. The van der Waals surface area contributed by atoms with Gasteiger partial charge in [0.05, 0.1) is 14.2 Å². The Kier molecular flexibility index (Phi) is 4.20. The van der Waals surface area contributed by atoms with Crippen molar-refractivity contribution in [3.63, 3.8) is 0 Å². The Bertz CT molecular complexity index is 630. The lowest BCUT2D eigenvalue weighted by Gasteiger charge is -2.14. The fourth-order valence-corrected chi connectivity index (χ4v) is 2.02. The van der Waals surface area contributed by atoms with Gasteiger partial charge in [0.25, 0.3) is 0 Å². The maximum absolute atomic E-state index is 13.4. The van der Waals surface area contributed by atoms with E-state index in [0.717, 1.165) is 17.7 Å². The Balaban J connectivity index is 2.62. The molecule has 0 aliphatic heterocycles. The second-order valence-corrected chi connectivity index (χ2v) is 4.20. The fourth-order valence-electron chi connectivity index (χ4n) is 2.02. The SMILES string of the molecule is COc1cc(CN)c(-c2ccc(F)c(F)c2)cc1OC. The molecule has 2 aromatic rings. The van der Waals surface area contributed by atoms with Crippen LogP contribution >= 0.6 is 0 Å². The van der Waals surface area contributed by atoms with Gasteiger partial charge < -0.3 is 15.2 Å². The lowest BCUT2D eigenvalue weighted by molar-refractivity contribution is 0.354. The first-order valence-electron chi connectivity index (χ1n) is 6.01. The van der Waals surface area contributed by atoms with Crippen molar-refractivity contribution in [2.45, 2.75) is 6.54 Å². The Hall–Kier alpha value is -2.14. The monoisotopic (exact) mass is 279 g/mol. The van der Waals surface area contributed by atoms with E-state index < -0.39 is 11.6 Å². The van der Waals surface area contributed by atoms with E-state index in [2.05, 4.69) is 0 Å². The molecule has 106 valence electrons. The summed E-state index contributed by atoms with van der Waals surface area (Å²) in [7, 11) is 3.03. The van der Waals surface area contributed by atoms with Crippen LogP contribution in [0.5, 0.6) is 11.5 Å². The summed E-state index contributed by atoms with van der Waals surface area (Å²) in [6.07, 6.45) is 0. The molecule has 0 fully saturated rings. The van der Waals surface area contributed by atoms with Gasteiger partial charge in [-0.15, -0.1) is 0 Å². The highest BCUT2D eigenvalue weighted by atomic mass is 19.2. The number of methoxy groups -OCH3 is 2. The van der Waals surface area contributed by atoms with Crippen LogP contribution in [0.2, 0.25) is 0 Å². The highest BCUT2D eigenvalue weighted by Gasteiger charge is 2.13. The lowest BCUT2D eigenvalue weighted by Crippen LogP contribution is -2.02. The highest BCUT2D eigenvalue weighted by molar-refractivity contribution is 5.71. The second-order valence-electron chi connectivity index (χ2n) is 4.20. The van der Waals surface area contributed by atoms with Crippen LogP contribution in [0.3, 0.4) is 0 Å². The Labute approximate surface area is 115 Å². The van der Waals surface area contributed by atoms with Crippen molar-refractivity contribution in [2.75, 3.05) is 14.2 Å². The standard InChI is InChI=1S/C15H15F2NO2/c1-19-14-6-10(8-18)11(7-15(14)20-2)9-3-4-12(16)13(17)5-9/h3-7H,8,18H2,1-2H3. The lowest BCUT2D eigenvalue weighted by atomic mass is 9.98. The molecule has 0 aromatic heterocycles. The van der Waals surface area contributed by atoms with Crippen molar-refractivity contribution >= 4 is 0 Å². The summed E-state index contributed by atoms with van der Waals surface area (Å²) < 4.78 is 36.8. The maximum Gasteiger partial charge on any atom is 0.161 e. The number of rotatable bonds is 4. The van der Waals surface area contributed by atoms with E-state index >= 15 is 0 Å². The minimum atomic E-state index is -0.903. The molecule has 20 heavy (non-hydrogen) atoms. The zero-order valence-corrected chi connectivity index (χ0v) is 11.2. The quantitative estimate of drug-likeness (QED) is 0.935. The summed E-state index contributed by atoms with van der Waals surface area (Å²) in [5, 5.41) is 0. The van der Waals surface area contributed by atoms with E-state index in [0.29, 0.717) is 22.6 Å². The summed E-state index contributed by atoms with van der Waals surface area (Å²) in [6.45, 7) is 0.245. The minimum absolute atomic E-state index is 0.245. The number of halogens is 2. The molecule has 5 heteroatoms. The van der Waals surface area contributed by atoms with Crippen LogP contribution in [0, 0.1) is 11.6 Å². The molecule has 3 nitrogen and oxygen atoms in total. The Morgan fingerprint density at radius 2 is 1.60 bits per heavy atom. The zero-order valence-electron chi connectivity index (χ0n) is 11.2. The Morgan fingerprint density at radius 3 is 2.15 bits per heavy atom. The first-order chi connectivity index (χ1) is 9.60. The molecule has 0 spiro atoms. The van der Waals surface area contributed by atoms with Crippen molar-refractivity contribution in [2.24, 2.45) is 5.73 Å². The summed E-state index contributed by atoms with van der Waals surface area (Å²) in [5.74, 6) is -0.743. The number of hydrogen-bond donors (Lipinski definition) is 1. The van der Waals surface area contributed by atoms with E-state index in [1.807, 2.05) is 0 Å². The predicted molar refractivity (Wildman–Crippen MR) is 72.8 cm³/mol. The molecular weight excluding hydrogens is 264 g/mol. The van der Waals surface area contributed by atoms with Crippen molar-refractivity contribution < 1.29 is 18.3 Å². The van der Waals surface area contributed by atoms with Crippen LogP contribution in [-0.2, 0) is 6.54 Å². The molecule has 0 aliphatic carbocycles. The van der Waals surface area contributed by atoms with Crippen LogP contribution in [0.1, 0.15) is 5.56 Å². The molecule has 0 heterocycles. The molecule has 0 bridgehead atoms. The third-order valence-electron chi connectivity index (χ3n) is 3.06. The van der Waals surface area contributed by atoms with Gasteiger partial charge in [-0.25, -0.2) is 8.78 Å². The van der Waals surface area contributed by atoms with Gasteiger partial charge in [0.1, 0.15) is 0 Å². The molecular formula is C15H15F2NO2. The van der Waals surface area contributed by atoms with Gasteiger partial charge in [0.2, 0.25) is 0 Å². The van der Waals surface area contributed by atoms with Crippen molar-refractivity contribution in [1.82, 2.24) is 0 Å². The van der Waals surface area contributed by atoms with E-state index in [4.69, 9.17) is 15.2 Å². The number of nitrogens with two attached hydrogens (primary N) is 1. The van der Waals surface area contributed by atoms with Crippen molar-refractivity contribution in [3.8, 4) is 22.6 Å². The van der Waals surface area contributed by atoms with Gasteiger partial charge in [-0.2, -0.15) is 0 Å². The van der Waals surface area contributed by atoms with E-state index in [-0.39, 0.29) is 6.54 Å².